The average molecular weight is 289 g/mol. The predicted molar refractivity (Wildman–Crippen MR) is 82.5 cm³/mol. The summed E-state index contributed by atoms with van der Waals surface area (Å²) in [4.78, 5) is 21.6. The fraction of sp³-hybridized carbons (Fsp3) is 0.533. The molecule has 0 atom stereocenters. The lowest BCUT2D eigenvalue weighted by molar-refractivity contribution is 0.511. The van der Waals surface area contributed by atoms with E-state index in [1.807, 2.05) is 30.0 Å². The summed E-state index contributed by atoms with van der Waals surface area (Å²) in [5, 5.41) is 1.71. The van der Waals surface area contributed by atoms with E-state index in [2.05, 4.69) is 9.97 Å². The molecule has 0 aromatic carbocycles. The Bertz CT molecular complexity index is 689. The van der Waals surface area contributed by atoms with Gasteiger partial charge in [0.15, 0.2) is 5.16 Å². The van der Waals surface area contributed by atoms with E-state index in [9.17, 15) is 4.79 Å². The fourth-order valence-corrected chi connectivity index (χ4v) is 3.35. The monoisotopic (exact) mass is 289 g/mol. The number of thioether (sulfide) groups is 1. The Hall–Kier alpha value is -1.36. The van der Waals surface area contributed by atoms with Gasteiger partial charge in [-0.3, -0.25) is 9.36 Å². The second-order valence-electron chi connectivity index (χ2n) is 5.27. The topological polar surface area (TPSA) is 47.8 Å². The molecule has 2 aromatic rings. The molecule has 0 unspecified atom stereocenters. The molecular formula is C15H19N3OS. The zero-order valence-corrected chi connectivity index (χ0v) is 12.7. The molecule has 0 spiro atoms. The van der Waals surface area contributed by atoms with Crippen LogP contribution in [0.2, 0.25) is 0 Å². The van der Waals surface area contributed by atoms with Crippen molar-refractivity contribution in [3.63, 3.8) is 0 Å². The quantitative estimate of drug-likeness (QED) is 0.643. The summed E-state index contributed by atoms with van der Waals surface area (Å²) < 4.78 is 1.93. The van der Waals surface area contributed by atoms with Crippen molar-refractivity contribution in [1.82, 2.24) is 14.5 Å². The Morgan fingerprint density at radius 1 is 1.40 bits per heavy atom. The van der Waals surface area contributed by atoms with Gasteiger partial charge in [-0.2, -0.15) is 0 Å². The van der Waals surface area contributed by atoms with E-state index in [4.69, 9.17) is 0 Å². The molecule has 0 saturated heterocycles. The summed E-state index contributed by atoms with van der Waals surface area (Å²) in [6.07, 6.45) is 9.13. The molecule has 1 aliphatic rings. The first-order chi connectivity index (χ1) is 9.74. The molecule has 1 saturated carbocycles. The minimum absolute atomic E-state index is 0.137. The molecule has 3 rings (SSSR count). The molecule has 0 aliphatic heterocycles. The molecule has 2 heterocycles. The van der Waals surface area contributed by atoms with Gasteiger partial charge >= 0.3 is 0 Å². The molecular weight excluding hydrogens is 270 g/mol. The molecule has 1 fully saturated rings. The molecule has 0 amide bonds. The van der Waals surface area contributed by atoms with Crippen LogP contribution in [0.15, 0.2) is 22.2 Å². The first kappa shape index (κ1) is 13.6. The largest absolute Gasteiger partial charge is 0.289 e. The van der Waals surface area contributed by atoms with Crippen molar-refractivity contribution >= 4 is 22.8 Å². The second-order valence-corrected chi connectivity index (χ2v) is 6.05. The van der Waals surface area contributed by atoms with E-state index in [0.717, 1.165) is 41.0 Å². The third-order valence-electron chi connectivity index (χ3n) is 4.08. The van der Waals surface area contributed by atoms with E-state index < -0.39 is 0 Å². The highest BCUT2D eigenvalue weighted by atomic mass is 32.2. The summed E-state index contributed by atoms with van der Waals surface area (Å²) in [5.41, 5.74) is 1.81. The Labute approximate surface area is 122 Å². The van der Waals surface area contributed by atoms with Crippen LogP contribution in [-0.2, 0) is 6.42 Å². The fourth-order valence-electron chi connectivity index (χ4n) is 3.01. The van der Waals surface area contributed by atoms with Crippen molar-refractivity contribution in [2.75, 3.05) is 6.26 Å². The third kappa shape index (κ3) is 2.24. The minimum atomic E-state index is 0.137. The Balaban J connectivity index is 2.30. The van der Waals surface area contributed by atoms with E-state index in [1.54, 1.807) is 0 Å². The lowest BCUT2D eigenvalue weighted by atomic mass is 10.1. The zero-order valence-electron chi connectivity index (χ0n) is 11.9. The van der Waals surface area contributed by atoms with Crippen LogP contribution in [-0.4, -0.2) is 20.8 Å². The van der Waals surface area contributed by atoms with E-state index in [-0.39, 0.29) is 5.56 Å². The van der Waals surface area contributed by atoms with Gasteiger partial charge in [0.1, 0.15) is 5.65 Å². The maximum absolute atomic E-state index is 12.7. The summed E-state index contributed by atoms with van der Waals surface area (Å²) in [6, 6.07) is 2.26. The number of aromatic nitrogens is 3. The summed E-state index contributed by atoms with van der Waals surface area (Å²) in [6.45, 7) is 2.03. The highest BCUT2D eigenvalue weighted by Gasteiger charge is 2.22. The SMILES string of the molecule is CCc1cc2cnc(SC)nc2n(C2CCCC2)c1=O. The normalized spacial score (nSPS) is 16.1. The number of fused-ring (bicyclic) bond motifs is 1. The molecule has 20 heavy (non-hydrogen) atoms. The first-order valence-corrected chi connectivity index (χ1v) is 8.42. The smallest absolute Gasteiger partial charge is 0.255 e. The number of nitrogens with zero attached hydrogens (tertiary/aromatic N) is 3. The van der Waals surface area contributed by atoms with Crippen LogP contribution < -0.4 is 5.56 Å². The van der Waals surface area contributed by atoms with Gasteiger partial charge in [0.2, 0.25) is 0 Å². The molecule has 0 radical (unpaired) electrons. The van der Waals surface area contributed by atoms with Crippen molar-refractivity contribution in [1.29, 1.82) is 0 Å². The Morgan fingerprint density at radius 2 is 2.15 bits per heavy atom. The summed E-state index contributed by atoms with van der Waals surface area (Å²) >= 11 is 1.51. The van der Waals surface area contributed by atoms with Crippen LogP contribution in [0.1, 0.15) is 44.2 Å². The zero-order chi connectivity index (χ0) is 14.1. The van der Waals surface area contributed by atoms with Gasteiger partial charge in [0.25, 0.3) is 5.56 Å². The molecule has 0 bridgehead atoms. The third-order valence-corrected chi connectivity index (χ3v) is 4.64. The maximum atomic E-state index is 12.7. The van der Waals surface area contributed by atoms with Crippen molar-refractivity contribution in [2.45, 2.75) is 50.2 Å². The standard InChI is InChI=1S/C15H19N3OS/c1-3-10-8-11-9-16-15(20-2)17-13(11)18(14(10)19)12-6-4-5-7-12/h8-9,12H,3-7H2,1-2H3. The number of pyridine rings is 1. The predicted octanol–water partition coefficient (Wildman–Crippen LogP) is 3.19. The Kier molecular flexibility index (Phi) is 3.78. The van der Waals surface area contributed by atoms with Gasteiger partial charge in [0, 0.05) is 23.2 Å². The summed E-state index contributed by atoms with van der Waals surface area (Å²) in [5.74, 6) is 0. The molecule has 5 heteroatoms. The van der Waals surface area contributed by atoms with Crippen molar-refractivity contribution in [3.05, 3.63) is 28.2 Å². The molecule has 1 aliphatic carbocycles. The lowest BCUT2D eigenvalue weighted by Crippen LogP contribution is -2.27. The van der Waals surface area contributed by atoms with Gasteiger partial charge in [-0.05, 0) is 31.6 Å². The molecule has 0 N–H and O–H groups in total. The maximum Gasteiger partial charge on any atom is 0.255 e. The van der Waals surface area contributed by atoms with E-state index in [1.165, 1.54) is 24.6 Å². The van der Waals surface area contributed by atoms with Gasteiger partial charge in [-0.15, -0.1) is 0 Å². The van der Waals surface area contributed by atoms with Crippen LogP contribution >= 0.6 is 11.8 Å². The second kappa shape index (κ2) is 5.56. The molecule has 4 nitrogen and oxygen atoms in total. The van der Waals surface area contributed by atoms with Crippen LogP contribution in [0, 0.1) is 0 Å². The lowest BCUT2D eigenvalue weighted by Gasteiger charge is -2.17. The van der Waals surface area contributed by atoms with Crippen molar-refractivity contribution in [2.24, 2.45) is 0 Å². The highest BCUT2D eigenvalue weighted by Crippen LogP contribution is 2.30. The molecule has 106 valence electrons. The number of aryl methyl sites for hydroxylation is 1. The van der Waals surface area contributed by atoms with Gasteiger partial charge in [-0.25, -0.2) is 9.97 Å². The average Bonchev–Trinajstić information content (AvgIpc) is 2.99. The minimum Gasteiger partial charge on any atom is -0.289 e. The molecule has 2 aromatic heterocycles. The van der Waals surface area contributed by atoms with Crippen LogP contribution in [0.4, 0.5) is 0 Å². The number of hydrogen-bond donors (Lipinski definition) is 0. The Morgan fingerprint density at radius 3 is 2.80 bits per heavy atom. The van der Waals surface area contributed by atoms with E-state index in [0.29, 0.717) is 6.04 Å². The van der Waals surface area contributed by atoms with E-state index >= 15 is 0 Å². The highest BCUT2D eigenvalue weighted by molar-refractivity contribution is 7.98. The van der Waals surface area contributed by atoms with Gasteiger partial charge < -0.3 is 0 Å². The summed E-state index contributed by atoms with van der Waals surface area (Å²) in [7, 11) is 0. The first-order valence-electron chi connectivity index (χ1n) is 7.19. The number of rotatable bonds is 3. The van der Waals surface area contributed by atoms with Crippen molar-refractivity contribution in [3.8, 4) is 0 Å². The van der Waals surface area contributed by atoms with Crippen LogP contribution in [0.25, 0.3) is 11.0 Å². The van der Waals surface area contributed by atoms with Gasteiger partial charge in [0.05, 0.1) is 0 Å². The van der Waals surface area contributed by atoms with Crippen molar-refractivity contribution < 1.29 is 0 Å². The van der Waals surface area contributed by atoms with Crippen LogP contribution in [0.5, 0.6) is 0 Å². The van der Waals surface area contributed by atoms with Crippen LogP contribution in [0.3, 0.4) is 0 Å². The van der Waals surface area contributed by atoms with Gasteiger partial charge in [-0.1, -0.05) is 31.5 Å². The number of hydrogen-bond acceptors (Lipinski definition) is 4.